The van der Waals surface area contributed by atoms with Gasteiger partial charge in [0.25, 0.3) is 0 Å². The predicted molar refractivity (Wildman–Crippen MR) is 33.3 cm³/mol. The van der Waals surface area contributed by atoms with Gasteiger partial charge in [0.1, 0.15) is 0 Å². The average Bonchev–Trinajstić information content (AvgIpc) is 1.68. The van der Waals surface area contributed by atoms with Gasteiger partial charge in [0.2, 0.25) is 0 Å². The second kappa shape index (κ2) is 3.88. The maximum Gasteiger partial charge on any atom is 0.0218 e. The summed E-state index contributed by atoms with van der Waals surface area (Å²) in [5.74, 6) is 0. The third-order valence-corrected chi connectivity index (χ3v) is 0.936. The van der Waals surface area contributed by atoms with Gasteiger partial charge >= 0.3 is 0 Å². The molecule has 0 aliphatic heterocycles. The summed E-state index contributed by atoms with van der Waals surface area (Å²) in [6, 6.07) is 0.519. The maximum absolute atomic E-state index is 3.08. The van der Waals surface area contributed by atoms with E-state index >= 15 is 0 Å². The van der Waals surface area contributed by atoms with E-state index in [2.05, 4.69) is 18.3 Å². The van der Waals surface area contributed by atoms with Crippen LogP contribution in [0.3, 0.4) is 0 Å². The minimum absolute atomic E-state index is 0.519. The molecule has 0 unspecified atom stereocenters. The topological polar surface area (TPSA) is 12.0 Å². The van der Waals surface area contributed by atoms with Crippen LogP contribution in [-0.4, -0.2) is 13.1 Å². The lowest BCUT2D eigenvalue weighted by Gasteiger charge is -1.99. The molecule has 0 aliphatic rings. The minimum atomic E-state index is 0.519. The van der Waals surface area contributed by atoms with Crippen molar-refractivity contribution in [3.05, 3.63) is 12.2 Å². The van der Waals surface area contributed by atoms with Crippen molar-refractivity contribution in [3.8, 4) is 0 Å². The van der Waals surface area contributed by atoms with E-state index in [0.717, 1.165) is 0 Å². The fourth-order valence-corrected chi connectivity index (χ4v) is 0.385. The zero-order valence-electron chi connectivity index (χ0n) is 5.23. The van der Waals surface area contributed by atoms with Crippen LogP contribution in [0.2, 0.25) is 0 Å². The van der Waals surface area contributed by atoms with Crippen LogP contribution in [-0.2, 0) is 0 Å². The van der Waals surface area contributed by atoms with Crippen molar-refractivity contribution in [1.29, 1.82) is 0 Å². The second-order valence-electron chi connectivity index (χ2n) is 1.60. The fourth-order valence-electron chi connectivity index (χ4n) is 0.385. The number of hydrogen-bond acceptors (Lipinski definition) is 1. The molecule has 0 amide bonds. The van der Waals surface area contributed by atoms with Gasteiger partial charge < -0.3 is 5.32 Å². The summed E-state index contributed by atoms with van der Waals surface area (Å²) in [7, 11) is 1.95. The molecule has 0 saturated heterocycles. The molecule has 0 aromatic rings. The molecule has 0 rings (SSSR count). The molecule has 0 saturated carbocycles. The highest BCUT2D eigenvalue weighted by atomic mass is 14.8. The van der Waals surface area contributed by atoms with Crippen molar-refractivity contribution >= 4 is 0 Å². The molecule has 0 spiro atoms. The van der Waals surface area contributed by atoms with Gasteiger partial charge in [-0.05, 0) is 20.9 Å². The Morgan fingerprint density at radius 2 is 2.14 bits per heavy atom. The molecular formula is C6H13N. The molecule has 1 atom stereocenters. The highest BCUT2D eigenvalue weighted by Crippen LogP contribution is 1.79. The Kier molecular flexibility index (Phi) is 3.71. The lowest BCUT2D eigenvalue weighted by Crippen LogP contribution is -2.17. The first-order valence-electron chi connectivity index (χ1n) is 2.61. The SMILES string of the molecule is C/C=C\[C@H](C)NC. The molecule has 1 nitrogen and oxygen atoms in total. The molecule has 0 aliphatic carbocycles. The molecule has 0 heterocycles. The first-order chi connectivity index (χ1) is 3.31. The van der Waals surface area contributed by atoms with Crippen LogP contribution in [0.4, 0.5) is 0 Å². The largest absolute Gasteiger partial charge is 0.314 e. The van der Waals surface area contributed by atoms with Gasteiger partial charge in [-0.1, -0.05) is 12.2 Å². The van der Waals surface area contributed by atoms with E-state index in [1.165, 1.54) is 0 Å². The standard InChI is InChI=1S/C6H13N/c1-4-5-6(2)7-3/h4-7H,1-3H3/b5-4-/t6-/m0/s1. The monoisotopic (exact) mass is 99.1 g/mol. The Balaban J connectivity index is 3.16. The molecule has 42 valence electrons. The van der Waals surface area contributed by atoms with E-state index in [0.29, 0.717) is 6.04 Å². The minimum Gasteiger partial charge on any atom is -0.314 e. The number of nitrogens with one attached hydrogen (secondary N) is 1. The summed E-state index contributed by atoms with van der Waals surface area (Å²) in [5, 5.41) is 3.08. The summed E-state index contributed by atoms with van der Waals surface area (Å²) >= 11 is 0. The highest BCUT2D eigenvalue weighted by molar-refractivity contribution is 4.86. The average molecular weight is 99.2 g/mol. The lowest BCUT2D eigenvalue weighted by atomic mass is 10.3. The smallest absolute Gasteiger partial charge is 0.0218 e. The first kappa shape index (κ1) is 6.70. The zero-order valence-corrected chi connectivity index (χ0v) is 5.23. The van der Waals surface area contributed by atoms with Gasteiger partial charge in [-0.2, -0.15) is 0 Å². The molecule has 0 bridgehead atoms. The normalized spacial score (nSPS) is 15.3. The Bertz CT molecular complexity index is 57.2. The van der Waals surface area contributed by atoms with Crippen LogP contribution < -0.4 is 5.32 Å². The van der Waals surface area contributed by atoms with Crippen molar-refractivity contribution in [3.63, 3.8) is 0 Å². The van der Waals surface area contributed by atoms with E-state index < -0.39 is 0 Å². The van der Waals surface area contributed by atoms with Gasteiger partial charge in [0, 0.05) is 6.04 Å². The summed E-state index contributed by atoms with van der Waals surface area (Å²) in [6.45, 7) is 4.13. The molecule has 7 heavy (non-hydrogen) atoms. The third-order valence-electron chi connectivity index (χ3n) is 0.936. The maximum atomic E-state index is 3.08. The van der Waals surface area contributed by atoms with Crippen LogP contribution >= 0.6 is 0 Å². The Hall–Kier alpha value is -0.300. The van der Waals surface area contributed by atoms with Crippen molar-refractivity contribution in [2.45, 2.75) is 19.9 Å². The molecule has 1 N–H and O–H groups in total. The third kappa shape index (κ3) is 3.53. The van der Waals surface area contributed by atoms with Crippen molar-refractivity contribution in [2.75, 3.05) is 7.05 Å². The van der Waals surface area contributed by atoms with E-state index in [1.54, 1.807) is 0 Å². The van der Waals surface area contributed by atoms with E-state index in [-0.39, 0.29) is 0 Å². The molecule has 0 radical (unpaired) electrons. The van der Waals surface area contributed by atoms with Crippen LogP contribution in [0.5, 0.6) is 0 Å². The Morgan fingerprint density at radius 3 is 2.29 bits per heavy atom. The van der Waals surface area contributed by atoms with Gasteiger partial charge in [-0.3, -0.25) is 0 Å². The molecular weight excluding hydrogens is 86.1 g/mol. The number of rotatable bonds is 2. The van der Waals surface area contributed by atoms with Crippen LogP contribution in [0.1, 0.15) is 13.8 Å². The van der Waals surface area contributed by atoms with Crippen molar-refractivity contribution < 1.29 is 0 Å². The number of likely N-dealkylation sites (N-methyl/N-ethyl adjacent to an activating group) is 1. The van der Waals surface area contributed by atoms with Gasteiger partial charge in [-0.25, -0.2) is 0 Å². The Morgan fingerprint density at radius 1 is 1.57 bits per heavy atom. The van der Waals surface area contributed by atoms with E-state index in [9.17, 15) is 0 Å². The van der Waals surface area contributed by atoms with Crippen LogP contribution in [0, 0.1) is 0 Å². The summed E-state index contributed by atoms with van der Waals surface area (Å²) in [4.78, 5) is 0. The number of allylic oxidation sites excluding steroid dienone is 1. The summed E-state index contributed by atoms with van der Waals surface area (Å²) < 4.78 is 0. The van der Waals surface area contributed by atoms with E-state index in [1.807, 2.05) is 20.0 Å². The van der Waals surface area contributed by atoms with Crippen molar-refractivity contribution in [1.82, 2.24) is 5.32 Å². The predicted octanol–water partition coefficient (Wildman–Crippen LogP) is 1.17. The van der Waals surface area contributed by atoms with Crippen LogP contribution in [0.25, 0.3) is 0 Å². The quantitative estimate of drug-likeness (QED) is 0.512. The second-order valence-corrected chi connectivity index (χ2v) is 1.60. The van der Waals surface area contributed by atoms with Gasteiger partial charge in [-0.15, -0.1) is 0 Å². The molecule has 0 aromatic heterocycles. The molecule has 1 heteroatoms. The van der Waals surface area contributed by atoms with Gasteiger partial charge in [0.05, 0.1) is 0 Å². The lowest BCUT2D eigenvalue weighted by molar-refractivity contribution is 0.728. The highest BCUT2D eigenvalue weighted by Gasteiger charge is 1.83. The van der Waals surface area contributed by atoms with E-state index in [4.69, 9.17) is 0 Å². The fraction of sp³-hybridized carbons (Fsp3) is 0.667. The van der Waals surface area contributed by atoms with Gasteiger partial charge in [0.15, 0.2) is 0 Å². The molecule has 0 aromatic carbocycles. The summed E-state index contributed by atoms with van der Waals surface area (Å²) in [6.07, 6.45) is 4.15. The summed E-state index contributed by atoms with van der Waals surface area (Å²) in [5.41, 5.74) is 0. The molecule has 0 fully saturated rings. The van der Waals surface area contributed by atoms with Crippen molar-refractivity contribution in [2.24, 2.45) is 0 Å². The zero-order chi connectivity index (χ0) is 5.70. The van der Waals surface area contributed by atoms with Crippen LogP contribution in [0.15, 0.2) is 12.2 Å². The number of hydrogen-bond donors (Lipinski definition) is 1. The Labute approximate surface area is 45.4 Å². The first-order valence-corrected chi connectivity index (χ1v) is 2.61.